The summed E-state index contributed by atoms with van der Waals surface area (Å²) in [6.45, 7) is 10.6. The second kappa shape index (κ2) is 9.77. The molecule has 1 unspecified atom stereocenters. The van der Waals surface area contributed by atoms with Gasteiger partial charge in [-0.3, -0.25) is 0 Å². The molecule has 1 N–H and O–H groups in total. The predicted molar refractivity (Wildman–Crippen MR) is 85.6 cm³/mol. The molecule has 0 aromatic carbocycles. The van der Waals surface area contributed by atoms with Gasteiger partial charge in [-0.1, -0.05) is 40.0 Å². The third kappa shape index (κ3) is 7.31. The average Bonchev–Trinajstić information content (AvgIpc) is 2.42. The summed E-state index contributed by atoms with van der Waals surface area (Å²) >= 11 is 0. The largest absolute Gasteiger partial charge is 0.312 e. The first-order valence-corrected chi connectivity index (χ1v) is 8.55. The van der Waals surface area contributed by atoms with Crippen LogP contribution in [-0.4, -0.2) is 37.6 Å². The maximum absolute atomic E-state index is 3.82. The Hall–Kier alpha value is -0.0800. The van der Waals surface area contributed by atoms with Crippen LogP contribution in [0.25, 0.3) is 0 Å². The second-order valence-electron chi connectivity index (χ2n) is 6.90. The topological polar surface area (TPSA) is 15.3 Å². The maximum atomic E-state index is 3.82. The van der Waals surface area contributed by atoms with Crippen LogP contribution in [0, 0.1) is 11.8 Å². The molecule has 0 heterocycles. The molecule has 1 aliphatic rings. The van der Waals surface area contributed by atoms with E-state index in [1.54, 1.807) is 0 Å². The highest BCUT2D eigenvalue weighted by atomic mass is 15.1. The van der Waals surface area contributed by atoms with Crippen LogP contribution in [0.3, 0.4) is 0 Å². The zero-order valence-electron chi connectivity index (χ0n) is 13.8. The smallest absolute Gasteiger partial charge is 0.0223 e. The number of hydrogen-bond donors (Lipinski definition) is 1. The van der Waals surface area contributed by atoms with E-state index in [1.807, 2.05) is 0 Å². The Morgan fingerprint density at radius 2 is 1.84 bits per heavy atom. The van der Waals surface area contributed by atoms with E-state index in [2.05, 4.69) is 38.0 Å². The van der Waals surface area contributed by atoms with Gasteiger partial charge in [0.05, 0.1) is 0 Å². The van der Waals surface area contributed by atoms with E-state index in [1.165, 1.54) is 64.6 Å². The van der Waals surface area contributed by atoms with E-state index >= 15 is 0 Å². The van der Waals surface area contributed by atoms with Crippen LogP contribution in [-0.2, 0) is 0 Å². The van der Waals surface area contributed by atoms with E-state index in [4.69, 9.17) is 0 Å². The van der Waals surface area contributed by atoms with Crippen molar-refractivity contribution in [3.05, 3.63) is 0 Å². The van der Waals surface area contributed by atoms with Gasteiger partial charge in [-0.25, -0.2) is 0 Å². The van der Waals surface area contributed by atoms with Crippen molar-refractivity contribution in [3.63, 3.8) is 0 Å². The molecule has 1 fully saturated rings. The third-order valence-corrected chi connectivity index (χ3v) is 4.47. The quantitative estimate of drug-likeness (QED) is 0.682. The minimum atomic E-state index is 0.720. The van der Waals surface area contributed by atoms with Gasteiger partial charge < -0.3 is 10.2 Å². The summed E-state index contributed by atoms with van der Waals surface area (Å²) in [4.78, 5) is 2.54. The Morgan fingerprint density at radius 1 is 1.16 bits per heavy atom. The van der Waals surface area contributed by atoms with Crippen LogP contribution >= 0.6 is 0 Å². The highest BCUT2D eigenvalue weighted by Crippen LogP contribution is 2.27. The van der Waals surface area contributed by atoms with E-state index in [9.17, 15) is 0 Å². The number of hydrogen-bond acceptors (Lipinski definition) is 2. The molecule has 0 spiro atoms. The van der Waals surface area contributed by atoms with Crippen molar-refractivity contribution in [1.82, 2.24) is 10.2 Å². The predicted octanol–water partition coefficient (Wildman–Crippen LogP) is 3.91. The Kier molecular flexibility index (Phi) is 8.72. The molecule has 0 aliphatic heterocycles. The Morgan fingerprint density at radius 3 is 2.42 bits per heavy atom. The summed E-state index contributed by atoms with van der Waals surface area (Å²) < 4.78 is 0. The van der Waals surface area contributed by atoms with Crippen LogP contribution in [0.1, 0.15) is 65.7 Å². The lowest BCUT2D eigenvalue weighted by molar-refractivity contribution is 0.200. The van der Waals surface area contributed by atoms with Crippen LogP contribution in [0.15, 0.2) is 0 Å². The molecular weight excluding hydrogens is 232 g/mol. The van der Waals surface area contributed by atoms with Crippen molar-refractivity contribution in [2.45, 2.75) is 71.8 Å². The molecule has 1 atom stereocenters. The first-order chi connectivity index (χ1) is 9.13. The zero-order valence-corrected chi connectivity index (χ0v) is 13.8. The number of nitrogens with one attached hydrogen (secondary N) is 1. The van der Waals surface area contributed by atoms with Gasteiger partial charge in [-0.2, -0.15) is 0 Å². The van der Waals surface area contributed by atoms with Crippen molar-refractivity contribution in [2.24, 2.45) is 11.8 Å². The Balaban J connectivity index is 2.38. The molecule has 2 nitrogen and oxygen atoms in total. The number of rotatable bonds is 9. The summed E-state index contributed by atoms with van der Waals surface area (Å²) in [6.07, 6.45) is 9.81. The fourth-order valence-electron chi connectivity index (χ4n) is 3.15. The van der Waals surface area contributed by atoms with Crippen molar-refractivity contribution >= 4 is 0 Å². The lowest BCUT2D eigenvalue weighted by atomic mass is 9.83. The van der Waals surface area contributed by atoms with Gasteiger partial charge in [-0.05, 0) is 57.7 Å². The van der Waals surface area contributed by atoms with E-state index in [0.717, 1.165) is 17.9 Å². The minimum Gasteiger partial charge on any atom is -0.312 e. The summed E-state index contributed by atoms with van der Waals surface area (Å²) in [5, 5.41) is 3.82. The molecule has 19 heavy (non-hydrogen) atoms. The molecule has 0 radical (unpaired) electrons. The van der Waals surface area contributed by atoms with Gasteiger partial charge in [0.2, 0.25) is 0 Å². The van der Waals surface area contributed by atoms with E-state index in [0.29, 0.717) is 0 Å². The molecule has 0 aromatic heterocycles. The van der Waals surface area contributed by atoms with Gasteiger partial charge in [0, 0.05) is 12.6 Å². The molecule has 0 saturated heterocycles. The molecule has 1 rings (SSSR count). The van der Waals surface area contributed by atoms with Gasteiger partial charge in [0.25, 0.3) is 0 Å². The van der Waals surface area contributed by atoms with Gasteiger partial charge in [0.15, 0.2) is 0 Å². The van der Waals surface area contributed by atoms with Gasteiger partial charge in [0.1, 0.15) is 0 Å². The summed E-state index contributed by atoms with van der Waals surface area (Å²) in [7, 11) is 2.30. The second-order valence-corrected chi connectivity index (χ2v) is 6.90. The maximum Gasteiger partial charge on any atom is 0.0223 e. The standard InChI is InChI=1S/C17H36N2/c1-5-12-18-17(16-9-7-6-8-10-16)14-19(4)13-11-15(2)3/h15-18H,5-14H2,1-4H3. The molecule has 0 amide bonds. The number of likely N-dealkylation sites (N-methyl/N-ethyl adjacent to an activating group) is 1. The Labute approximate surface area is 121 Å². The fraction of sp³-hybridized carbons (Fsp3) is 1.00. The van der Waals surface area contributed by atoms with Crippen molar-refractivity contribution in [2.75, 3.05) is 26.7 Å². The zero-order chi connectivity index (χ0) is 14.1. The molecule has 114 valence electrons. The highest BCUT2D eigenvalue weighted by molar-refractivity contribution is 4.81. The van der Waals surface area contributed by atoms with Crippen LogP contribution < -0.4 is 5.32 Å². The SMILES string of the molecule is CCCNC(CN(C)CCC(C)C)C1CCCCC1. The molecule has 1 saturated carbocycles. The molecule has 0 bridgehead atoms. The summed E-state index contributed by atoms with van der Waals surface area (Å²) in [5.74, 6) is 1.74. The van der Waals surface area contributed by atoms with Gasteiger partial charge in [-0.15, -0.1) is 0 Å². The average molecular weight is 268 g/mol. The molecule has 2 heteroatoms. The van der Waals surface area contributed by atoms with Crippen LogP contribution in [0.5, 0.6) is 0 Å². The summed E-state index contributed by atoms with van der Waals surface area (Å²) in [6, 6.07) is 0.720. The van der Waals surface area contributed by atoms with E-state index < -0.39 is 0 Å². The number of nitrogens with zero attached hydrogens (tertiary/aromatic N) is 1. The summed E-state index contributed by atoms with van der Waals surface area (Å²) in [5.41, 5.74) is 0. The lowest BCUT2D eigenvalue weighted by Gasteiger charge is -2.34. The molecule has 1 aliphatic carbocycles. The van der Waals surface area contributed by atoms with Crippen molar-refractivity contribution in [1.29, 1.82) is 0 Å². The fourth-order valence-corrected chi connectivity index (χ4v) is 3.15. The third-order valence-electron chi connectivity index (χ3n) is 4.47. The van der Waals surface area contributed by atoms with Crippen LogP contribution in [0.4, 0.5) is 0 Å². The normalized spacial score (nSPS) is 19.3. The van der Waals surface area contributed by atoms with Gasteiger partial charge >= 0.3 is 0 Å². The Bertz CT molecular complexity index is 209. The molecular formula is C17H36N2. The monoisotopic (exact) mass is 268 g/mol. The highest BCUT2D eigenvalue weighted by Gasteiger charge is 2.24. The first kappa shape index (κ1) is 17.0. The minimum absolute atomic E-state index is 0.720. The first-order valence-electron chi connectivity index (χ1n) is 8.55. The van der Waals surface area contributed by atoms with Crippen LogP contribution in [0.2, 0.25) is 0 Å². The van der Waals surface area contributed by atoms with E-state index in [-0.39, 0.29) is 0 Å². The molecule has 0 aromatic rings. The lowest BCUT2D eigenvalue weighted by Crippen LogP contribution is -2.45. The van der Waals surface area contributed by atoms with Crippen molar-refractivity contribution in [3.8, 4) is 0 Å². The van der Waals surface area contributed by atoms with Crippen molar-refractivity contribution < 1.29 is 0 Å².